The molecule has 0 unspecified atom stereocenters. The lowest BCUT2D eigenvalue weighted by Crippen LogP contribution is -2.35. The molecule has 4 nitrogen and oxygen atoms in total. The summed E-state index contributed by atoms with van der Waals surface area (Å²) in [6.07, 6.45) is 6.56. The first-order chi connectivity index (χ1) is 11.6. The van der Waals surface area contributed by atoms with E-state index in [4.69, 9.17) is 9.98 Å². The maximum atomic E-state index is 5.03. The van der Waals surface area contributed by atoms with E-state index in [9.17, 15) is 0 Å². The van der Waals surface area contributed by atoms with Gasteiger partial charge in [0, 0.05) is 45.2 Å². The second kappa shape index (κ2) is 7.20. The van der Waals surface area contributed by atoms with Crippen LogP contribution < -0.4 is 0 Å². The van der Waals surface area contributed by atoms with Crippen LogP contribution in [-0.2, 0) is 0 Å². The van der Waals surface area contributed by atoms with Crippen LogP contribution in [0.1, 0.15) is 43.7 Å². The summed E-state index contributed by atoms with van der Waals surface area (Å²) in [5.41, 5.74) is 3.20. The Bertz CT molecular complexity index is 717. The number of hydrogen-bond donors (Lipinski definition) is 0. The summed E-state index contributed by atoms with van der Waals surface area (Å²) in [6, 6.07) is 10.7. The zero-order chi connectivity index (χ0) is 17.1. The van der Waals surface area contributed by atoms with Crippen molar-refractivity contribution in [1.82, 2.24) is 14.8 Å². The van der Waals surface area contributed by atoms with Crippen LogP contribution in [0, 0.1) is 0 Å². The number of fused-ring (bicyclic) bond motifs is 1. The molecule has 0 atom stereocenters. The minimum absolute atomic E-state index is 0.613. The molecule has 1 aromatic heterocycles. The first-order valence-corrected chi connectivity index (χ1v) is 8.89. The van der Waals surface area contributed by atoms with Crippen LogP contribution in [0.15, 0.2) is 35.3 Å². The molecule has 1 aromatic carbocycles. The minimum atomic E-state index is 0.613. The van der Waals surface area contributed by atoms with Gasteiger partial charge in [-0.25, -0.2) is 4.99 Å². The van der Waals surface area contributed by atoms with E-state index in [2.05, 4.69) is 30.3 Å². The fourth-order valence-electron chi connectivity index (χ4n) is 3.57. The van der Waals surface area contributed by atoms with Gasteiger partial charge in [-0.3, -0.25) is 4.98 Å². The third-order valence-electron chi connectivity index (χ3n) is 4.76. The molecule has 128 valence electrons. The maximum Gasteiger partial charge on any atom is 0.200 e. The molecule has 1 aliphatic rings. The molecule has 0 saturated heterocycles. The lowest BCUT2D eigenvalue weighted by molar-refractivity contribution is 0.437. The molecule has 0 spiro atoms. The van der Waals surface area contributed by atoms with Crippen LogP contribution in [0.2, 0.25) is 0 Å². The molecule has 0 bridgehead atoms. The topological polar surface area (TPSA) is 31.7 Å². The van der Waals surface area contributed by atoms with Crippen molar-refractivity contribution in [3.63, 3.8) is 0 Å². The van der Waals surface area contributed by atoms with Gasteiger partial charge in [-0.15, -0.1) is 0 Å². The van der Waals surface area contributed by atoms with Crippen molar-refractivity contribution in [1.29, 1.82) is 0 Å². The summed E-state index contributed by atoms with van der Waals surface area (Å²) in [5, 5.41) is 1.16. The van der Waals surface area contributed by atoms with Gasteiger partial charge in [0.25, 0.3) is 0 Å². The highest BCUT2D eigenvalue weighted by atomic mass is 15.3. The molecule has 1 fully saturated rings. The second-order valence-electron chi connectivity index (χ2n) is 7.12. The Morgan fingerprint density at radius 2 is 1.67 bits per heavy atom. The second-order valence-corrected chi connectivity index (χ2v) is 7.12. The van der Waals surface area contributed by atoms with Gasteiger partial charge in [0.2, 0.25) is 5.96 Å². The first-order valence-electron chi connectivity index (χ1n) is 8.89. The summed E-state index contributed by atoms with van der Waals surface area (Å²) in [6.45, 7) is 0. The van der Waals surface area contributed by atoms with E-state index in [1.54, 1.807) is 0 Å². The number of hydrogen-bond acceptors (Lipinski definition) is 2. The van der Waals surface area contributed by atoms with Crippen molar-refractivity contribution in [2.75, 3.05) is 28.2 Å². The Hall–Kier alpha value is -2.10. The largest absolute Gasteiger partial charge is 0.349 e. The standard InChI is InChI=1S/C20H28N4/c1-23(2)20(24(3)4)22-18-12-8-11-16-13-14-17(21-19(16)18)15-9-6-5-7-10-15/h8,11-15H,5-7,9-10H2,1-4H3. The third-order valence-corrected chi connectivity index (χ3v) is 4.76. The van der Waals surface area contributed by atoms with Gasteiger partial charge in [0.05, 0.1) is 11.2 Å². The van der Waals surface area contributed by atoms with E-state index >= 15 is 0 Å². The fourth-order valence-corrected chi connectivity index (χ4v) is 3.57. The van der Waals surface area contributed by atoms with Crippen LogP contribution in [-0.4, -0.2) is 48.9 Å². The van der Waals surface area contributed by atoms with Gasteiger partial charge >= 0.3 is 0 Å². The van der Waals surface area contributed by atoms with Crippen LogP contribution in [0.4, 0.5) is 5.69 Å². The van der Waals surface area contributed by atoms with Crippen LogP contribution in [0.5, 0.6) is 0 Å². The molecule has 1 aliphatic carbocycles. The number of guanidine groups is 1. The number of aromatic nitrogens is 1. The third kappa shape index (κ3) is 3.53. The Morgan fingerprint density at radius 1 is 0.958 bits per heavy atom. The van der Waals surface area contributed by atoms with Crippen molar-refractivity contribution in [3.8, 4) is 0 Å². The molecular weight excluding hydrogens is 296 g/mol. The molecule has 0 N–H and O–H groups in total. The van der Waals surface area contributed by atoms with Gasteiger partial charge in [-0.1, -0.05) is 37.5 Å². The van der Waals surface area contributed by atoms with Crippen LogP contribution in [0.25, 0.3) is 10.9 Å². The Morgan fingerprint density at radius 3 is 2.33 bits per heavy atom. The number of para-hydroxylation sites is 1. The normalized spacial score (nSPS) is 15.3. The zero-order valence-corrected chi connectivity index (χ0v) is 15.3. The fraction of sp³-hybridized carbons (Fsp3) is 0.500. The summed E-state index contributed by atoms with van der Waals surface area (Å²) >= 11 is 0. The van der Waals surface area contributed by atoms with Crippen LogP contribution in [0.3, 0.4) is 0 Å². The Balaban J connectivity index is 2.06. The Labute approximate surface area is 145 Å². The van der Waals surface area contributed by atoms with Crippen molar-refractivity contribution in [2.24, 2.45) is 4.99 Å². The monoisotopic (exact) mass is 324 g/mol. The van der Waals surface area contributed by atoms with Crippen molar-refractivity contribution in [3.05, 3.63) is 36.0 Å². The number of pyridine rings is 1. The Kier molecular flexibility index (Phi) is 5.03. The molecule has 4 heteroatoms. The molecule has 3 rings (SSSR count). The average Bonchev–Trinajstić information content (AvgIpc) is 2.59. The van der Waals surface area contributed by atoms with Gasteiger partial charge in [-0.05, 0) is 25.0 Å². The van der Waals surface area contributed by atoms with E-state index in [0.29, 0.717) is 5.92 Å². The number of benzene rings is 1. The molecule has 1 saturated carbocycles. The summed E-state index contributed by atoms with van der Waals surface area (Å²) in [4.78, 5) is 14.0. The summed E-state index contributed by atoms with van der Waals surface area (Å²) in [5.74, 6) is 1.54. The highest BCUT2D eigenvalue weighted by Gasteiger charge is 2.17. The molecular formula is C20H28N4. The van der Waals surface area contributed by atoms with Gasteiger partial charge in [0.15, 0.2) is 0 Å². The van der Waals surface area contributed by atoms with Gasteiger partial charge in [0.1, 0.15) is 0 Å². The summed E-state index contributed by atoms with van der Waals surface area (Å²) < 4.78 is 0. The zero-order valence-electron chi connectivity index (χ0n) is 15.3. The number of aliphatic imine (C=N–C) groups is 1. The van der Waals surface area contributed by atoms with E-state index in [0.717, 1.165) is 22.5 Å². The first kappa shape index (κ1) is 16.7. The lowest BCUT2D eigenvalue weighted by Gasteiger charge is -2.23. The predicted molar refractivity (Wildman–Crippen MR) is 102 cm³/mol. The molecule has 0 radical (unpaired) electrons. The van der Waals surface area contributed by atoms with E-state index in [1.807, 2.05) is 38.0 Å². The van der Waals surface area contributed by atoms with Crippen molar-refractivity contribution in [2.45, 2.75) is 38.0 Å². The number of nitrogens with zero attached hydrogens (tertiary/aromatic N) is 4. The summed E-state index contributed by atoms with van der Waals surface area (Å²) in [7, 11) is 8.07. The molecule has 0 aliphatic heterocycles. The van der Waals surface area contributed by atoms with E-state index in [-0.39, 0.29) is 0 Å². The molecule has 24 heavy (non-hydrogen) atoms. The quantitative estimate of drug-likeness (QED) is 0.606. The van der Waals surface area contributed by atoms with Gasteiger partial charge < -0.3 is 9.80 Å². The average molecular weight is 324 g/mol. The molecule has 0 amide bonds. The van der Waals surface area contributed by atoms with Crippen molar-refractivity contribution < 1.29 is 0 Å². The minimum Gasteiger partial charge on any atom is -0.349 e. The smallest absolute Gasteiger partial charge is 0.200 e. The van der Waals surface area contributed by atoms with Crippen molar-refractivity contribution >= 4 is 22.5 Å². The predicted octanol–water partition coefficient (Wildman–Crippen LogP) is 4.39. The lowest BCUT2D eigenvalue weighted by atomic mass is 9.86. The van der Waals surface area contributed by atoms with E-state index < -0.39 is 0 Å². The highest BCUT2D eigenvalue weighted by molar-refractivity contribution is 5.93. The van der Waals surface area contributed by atoms with E-state index in [1.165, 1.54) is 37.8 Å². The molecule has 1 heterocycles. The highest BCUT2D eigenvalue weighted by Crippen LogP contribution is 2.34. The molecule has 2 aromatic rings. The van der Waals surface area contributed by atoms with Crippen LogP contribution >= 0.6 is 0 Å². The maximum absolute atomic E-state index is 5.03. The SMILES string of the molecule is CN(C)C(=Nc1cccc2ccc(C3CCCCC3)nc12)N(C)C. The number of rotatable bonds is 2. The van der Waals surface area contributed by atoms with Gasteiger partial charge in [-0.2, -0.15) is 0 Å².